The first kappa shape index (κ1) is 13.4. The minimum Gasteiger partial charge on any atom is -0.444 e. The van der Waals surface area contributed by atoms with Gasteiger partial charge in [0.25, 0.3) is 0 Å². The van der Waals surface area contributed by atoms with Crippen LogP contribution in [0.25, 0.3) is 0 Å². The Hall–Kier alpha value is -2.08. The summed E-state index contributed by atoms with van der Waals surface area (Å²) in [6, 6.07) is 3.85. The maximum absolute atomic E-state index is 8.87. The molecule has 0 spiro atoms. The second kappa shape index (κ2) is 6.19. The van der Waals surface area contributed by atoms with Gasteiger partial charge in [0, 0.05) is 20.5 Å². The van der Waals surface area contributed by atoms with Gasteiger partial charge in [0.2, 0.25) is 0 Å². The maximum atomic E-state index is 8.87. The molecule has 0 saturated carbocycles. The zero-order chi connectivity index (χ0) is 13.7. The van der Waals surface area contributed by atoms with Gasteiger partial charge in [-0.15, -0.1) is 0 Å². The number of aliphatic hydroxyl groups excluding tert-OH is 1. The maximum Gasteiger partial charge on any atom is 0.191 e. The van der Waals surface area contributed by atoms with Gasteiger partial charge in [-0.25, -0.2) is 9.97 Å². The van der Waals surface area contributed by atoms with Crippen LogP contribution in [0.1, 0.15) is 11.7 Å². The van der Waals surface area contributed by atoms with E-state index in [1.807, 2.05) is 31.0 Å². The van der Waals surface area contributed by atoms with Crippen LogP contribution < -0.4 is 10.2 Å². The van der Waals surface area contributed by atoms with E-state index in [-0.39, 0.29) is 6.61 Å². The number of aryl methyl sites for hydroxylation is 1. The standard InChI is InChI=1S/C13H18N4O2/c1-10-14-8-12(19-10)9-16-13-4-3-11(7-15-13)17(2)5-6-18/h3-4,7-8,18H,5-6,9H2,1-2H3,(H,15,16). The molecule has 2 aromatic rings. The number of oxazole rings is 1. The van der Waals surface area contributed by atoms with Crippen LogP contribution in [-0.2, 0) is 6.54 Å². The number of aliphatic hydroxyl groups is 1. The Morgan fingerprint density at radius 3 is 2.74 bits per heavy atom. The molecule has 2 heterocycles. The van der Waals surface area contributed by atoms with Gasteiger partial charge >= 0.3 is 0 Å². The predicted octanol–water partition coefficient (Wildman–Crippen LogP) is 1.42. The van der Waals surface area contributed by atoms with Gasteiger partial charge in [0.15, 0.2) is 5.89 Å². The number of rotatable bonds is 6. The van der Waals surface area contributed by atoms with Crippen LogP contribution in [0.3, 0.4) is 0 Å². The summed E-state index contributed by atoms with van der Waals surface area (Å²) in [5.74, 6) is 2.21. The summed E-state index contributed by atoms with van der Waals surface area (Å²) < 4.78 is 5.36. The van der Waals surface area contributed by atoms with Gasteiger partial charge < -0.3 is 19.7 Å². The topological polar surface area (TPSA) is 74.4 Å². The summed E-state index contributed by atoms with van der Waals surface area (Å²) in [7, 11) is 1.91. The molecule has 0 radical (unpaired) electrons. The summed E-state index contributed by atoms with van der Waals surface area (Å²) in [5, 5.41) is 12.0. The lowest BCUT2D eigenvalue weighted by molar-refractivity contribution is 0.304. The molecule has 0 unspecified atom stereocenters. The third-order valence-corrected chi connectivity index (χ3v) is 2.74. The number of pyridine rings is 1. The molecule has 2 N–H and O–H groups in total. The van der Waals surface area contributed by atoms with E-state index < -0.39 is 0 Å². The van der Waals surface area contributed by atoms with Crippen LogP contribution in [0.4, 0.5) is 11.5 Å². The molecule has 0 aliphatic carbocycles. The molecule has 2 rings (SSSR count). The van der Waals surface area contributed by atoms with E-state index in [0.717, 1.165) is 17.3 Å². The highest BCUT2D eigenvalue weighted by molar-refractivity contribution is 5.48. The lowest BCUT2D eigenvalue weighted by Gasteiger charge is -2.17. The van der Waals surface area contributed by atoms with Crippen molar-refractivity contribution < 1.29 is 9.52 Å². The SMILES string of the molecule is Cc1ncc(CNc2ccc(N(C)CCO)cn2)o1. The third-order valence-electron chi connectivity index (χ3n) is 2.74. The Kier molecular flexibility index (Phi) is 4.35. The number of nitrogens with zero attached hydrogens (tertiary/aromatic N) is 3. The van der Waals surface area contributed by atoms with Gasteiger partial charge in [0.05, 0.1) is 31.2 Å². The van der Waals surface area contributed by atoms with Crippen molar-refractivity contribution in [3.8, 4) is 0 Å². The van der Waals surface area contributed by atoms with Crippen molar-refractivity contribution in [3.05, 3.63) is 36.2 Å². The quantitative estimate of drug-likeness (QED) is 0.820. The highest BCUT2D eigenvalue weighted by Crippen LogP contribution is 2.14. The number of hydrogen-bond donors (Lipinski definition) is 2. The van der Waals surface area contributed by atoms with Crippen LogP contribution in [0.15, 0.2) is 28.9 Å². The van der Waals surface area contributed by atoms with Crippen molar-refractivity contribution in [3.63, 3.8) is 0 Å². The summed E-state index contributed by atoms with van der Waals surface area (Å²) in [6.07, 6.45) is 3.47. The Morgan fingerprint density at radius 1 is 1.32 bits per heavy atom. The van der Waals surface area contributed by atoms with Gasteiger partial charge in [-0.05, 0) is 12.1 Å². The molecular weight excluding hydrogens is 244 g/mol. The van der Waals surface area contributed by atoms with Crippen LogP contribution in [0.5, 0.6) is 0 Å². The largest absolute Gasteiger partial charge is 0.444 e. The number of anilines is 2. The molecule has 0 aliphatic rings. The first-order valence-corrected chi connectivity index (χ1v) is 6.12. The molecule has 0 saturated heterocycles. The molecule has 6 heteroatoms. The van der Waals surface area contributed by atoms with Gasteiger partial charge in [-0.1, -0.05) is 0 Å². The highest BCUT2D eigenvalue weighted by Gasteiger charge is 2.03. The van der Waals surface area contributed by atoms with Crippen molar-refractivity contribution in [2.45, 2.75) is 13.5 Å². The minimum atomic E-state index is 0.126. The second-order valence-corrected chi connectivity index (χ2v) is 4.25. The molecule has 0 aromatic carbocycles. The highest BCUT2D eigenvalue weighted by atomic mass is 16.4. The predicted molar refractivity (Wildman–Crippen MR) is 73.2 cm³/mol. The zero-order valence-electron chi connectivity index (χ0n) is 11.1. The van der Waals surface area contributed by atoms with Crippen LogP contribution in [0.2, 0.25) is 0 Å². The summed E-state index contributed by atoms with van der Waals surface area (Å²) in [4.78, 5) is 10.3. The molecule has 6 nitrogen and oxygen atoms in total. The fraction of sp³-hybridized carbons (Fsp3) is 0.385. The van der Waals surface area contributed by atoms with Gasteiger partial charge in [-0.2, -0.15) is 0 Å². The lowest BCUT2D eigenvalue weighted by Crippen LogP contribution is -2.21. The molecule has 0 amide bonds. The van der Waals surface area contributed by atoms with Crippen molar-refractivity contribution in [1.29, 1.82) is 0 Å². The Bertz CT molecular complexity index is 510. The van der Waals surface area contributed by atoms with Crippen molar-refractivity contribution >= 4 is 11.5 Å². The smallest absolute Gasteiger partial charge is 0.191 e. The van der Waals surface area contributed by atoms with Crippen LogP contribution in [0, 0.1) is 6.92 Å². The molecule has 0 atom stereocenters. The number of hydrogen-bond acceptors (Lipinski definition) is 6. The summed E-state index contributed by atoms with van der Waals surface area (Å²) in [5.41, 5.74) is 0.968. The molecule has 19 heavy (non-hydrogen) atoms. The van der Waals surface area contributed by atoms with E-state index in [9.17, 15) is 0 Å². The monoisotopic (exact) mass is 262 g/mol. The molecule has 2 aromatic heterocycles. The second-order valence-electron chi connectivity index (χ2n) is 4.25. The van der Waals surface area contributed by atoms with E-state index in [0.29, 0.717) is 19.0 Å². The minimum absolute atomic E-state index is 0.126. The first-order chi connectivity index (χ1) is 9.19. The fourth-order valence-corrected chi connectivity index (χ4v) is 1.66. The Balaban J connectivity index is 1.91. The number of likely N-dealkylation sites (N-methyl/N-ethyl adjacent to an activating group) is 1. The van der Waals surface area contributed by atoms with Crippen LogP contribution >= 0.6 is 0 Å². The molecule has 0 bridgehead atoms. The number of nitrogens with one attached hydrogen (secondary N) is 1. The van der Waals surface area contributed by atoms with E-state index in [4.69, 9.17) is 9.52 Å². The Morgan fingerprint density at radius 2 is 2.16 bits per heavy atom. The van der Waals surface area contributed by atoms with Gasteiger partial charge in [0.1, 0.15) is 11.6 Å². The van der Waals surface area contributed by atoms with Crippen molar-refractivity contribution in [1.82, 2.24) is 9.97 Å². The van der Waals surface area contributed by atoms with Crippen LogP contribution in [-0.4, -0.2) is 35.3 Å². The fourth-order valence-electron chi connectivity index (χ4n) is 1.66. The molecular formula is C13H18N4O2. The van der Waals surface area contributed by atoms with E-state index in [1.54, 1.807) is 12.4 Å². The Labute approximate surface area is 112 Å². The average Bonchev–Trinajstić information content (AvgIpc) is 2.83. The summed E-state index contributed by atoms with van der Waals surface area (Å²) >= 11 is 0. The van der Waals surface area contributed by atoms with E-state index >= 15 is 0 Å². The molecule has 0 aliphatic heterocycles. The zero-order valence-corrected chi connectivity index (χ0v) is 11.1. The summed E-state index contributed by atoms with van der Waals surface area (Å²) in [6.45, 7) is 3.08. The van der Waals surface area contributed by atoms with Crippen molar-refractivity contribution in [2.24, 2.45) is 0 Å². The average molecular weight is 262 g/mol. The third kappa shape index (κ3) is 3.69. The van der Waals surface area contributed by atoms with Gasteiger partial charge in [-0.3, -0.25) is 0 Å². The van der Waals surface area contributed by atoms with E-state index in [2.05, 4.69) is 15.3 Å². The molecule has 102 valence electrons. The van der Waals surface area contributed by atoms with Crippen molar-refractivity contribution in [2.75, 3.05) is 30.4 Å². The van der Waals surface area contributed by atoms with E-state index in [1.165, 1.54) is 0 Å². The normalized spacial score (nSPS) is 10.5. The number of aromatic nitrogens is 2. The molecule has 0 fully saturated rings. The first-order valence-electron chi connectivity index (χ1n) is 6.12. The lowest BCUT2D eigenvalue weighted by atomic mass is 10.3.